The van der Waals surface area contributed by atoms with Crippen LogP contribution in [0.5, 0.6) is 5.75 Å². The van der Waals surface area contributed by atoms with E-state index >= 15 is 0 Å². The molecule has 34 heavy (non-hydrogen) atoms. The molecule has 0 atom stereocenters. The largest absolute Gasteiger partial charge is 0.497 e. The van der Waals surface area contributed by atoms with E-state index in [4.69, 9.17) is 16.3 Å². The number of thioether (sulfide) groups is 1. The molecule has 0 aliphatic rings. The highest BCUT2D eigenvalue weighted by Gasteiger charge is 2.17. The van der Waals surface area contributed by atoms with Crippen molar-refractivity contribution in [2.45, 2.75) is 12.1 Å². The van der Waals surface area contributed by atoms with E-state index in [0.29, 0.717) is 16.0 Å². The van der Waals surface area contributed by atoms with Crippen LogP contribution in [0.2, 0.25) is 5.02 Å². The molecule has 7 nitrogen and oxygen atoms in total. The molecule has 0 aliphatic carbocycles. The minimum Gasteiger partial charge on any atom is -0.497 e. The van der Waals surface area contributed by atoms with Gasteiger partial charge in [-0.3, -0.25) is 9.36 Å². The maximum atomic E-state index is 12.4. The zero-order chi connectivity index (χ0) is 23.9. The summed E-state index contributed by atoms with van der Waals surface area (Å²) in [7, 11) is 1.61. The molecule has 1 aromatic heterocycles. The van der Waals surface area contributed by atoms with Crippen LogP contribution in [0.3, 0.4) is 0 Å². The molecule has 1 amide bonds. The summed E-state index contributed by atoms with van der Waals surface area (Å²) < 4.78 is 7.05. The molecule has 1 heterocycles. The smallest absolute Gasteiger partial charge is 0.250 e. The van der Waals surface area contributed by atoms with Crippen molar-refractivity contribution in [1.82, 2.24) is 20.2 Å². The Labute approximate surface area is 206 Å². The minimum absolute atomic E-state index is 0.125. The van der Waals surface area contributed by atoms with Crippen molar-refractivity contribution >= 4 is 35.5 Å². The highest BCUT2D eigenvalue weighted by atomic mass is 35.5. The number of hydrogen-bond donors (Lipinski definition) is 1. The first kappa shape index (κ1) is 23.5. The summed E-state index contributed by atoms with van der Waals surface area (Å²) >= 11 is 7.36. The number of hydrogen-bond acceptors (Lipinski definition) is 6. The van der Waals surface area contributed by atoms with Crippen LogP contribution in [0, 0.1) is 6.92 Å². The Hall–Kier alpha value is -3.62. The Morgan fingerprint density at radius 2 is 1.76 bits per heavy atom. The van der Waals surface area contributed by atoms with Gasteiger partial charge in [0, 0.05) is 16.3 Å². The van der Waals surface area contributed by atoms with Crippen LogP contribution in [0.1, 0.15) is 11.1 Å². The van der Waals surface area contributed by atoms with E-state index in [2.05, 4.69) is 20.7 Å². The van der Waals surface area contributed by atoms with Crippen molar-refractivity contribution in [3.05, 3.63) is 88.9 Å². The number of benzene rings is 3. The Balaban J connectivity index is 1.48. The molecule has 4 aromatic rings. The van der Waals surface area contributed by atoms with Gasteiger partial charge in [0.1, 0.15) is 5.75 Å². The van der Waals surface area contributed by atoms with Gasteiger partial charge in [-0.1, -0.05) is 53.2 Å². The van der Waals surface area contributed by atoms with Gasteiger partial charge in [0.25, 0.3) is 5.91 Å². The van der Waals surface area contributed by atoms with E-state index in [-0.39, 0.29) is 11.7 Å². The summed E-state index contributed by atoms with van der Waals surface area (Å²) in [4.78, 5) is 12.4. The number of amides is 1. The lowest BCUT2D eigenvalue weighted by Crippen LogP contribution is -2.20. The van der Waals surface area contributed by atoms with Gasteiger partial charge in [0.15, 0.2) is 11.0 Å². The highest BCUT2D eigenvalue weighted by Crippen LogP contribution is 2.28. The zero-order valence-corrected chi connectivity index (χ0v) is 20.2. The first-order valence-corrected chi connectivity index (χ1v) is 11.8. The van der Waals surface area contributed by atoms with Crippen LogP contribution >= 0.6 is 23.4 Å². The number of carbonyl (C=O) groups excluding carboxylic acids is 1. The molecular weight excluding hydrogens is 470 g/mol. The van der Waals surface area contributed by atoms with E-state index in [1.54, 1.807) is 13.3 Å². The molecule has 1 N–H and O–H groups in total. The third-order valence-corrected chi connectivity index (χ3v) is 6.06. The monoisotopic (exact) mass is 491 g/mol. The molecule has 0 saturated heterocycles. The van der Waals surface area contributed by atoms with Crippen molar-refractivity contribution in [3.8, 4) is 22.8 Å². The second-order valence-electron chi connectivity index (χ2n) is 7.34. The number of rotatable bonds is 8. The molecule has 4 rings (SSSR count). The summed E-state index contributed by atoms with van der Waals surface area (Å²) in [5.41, 5.74) is 6.32. The quantitative estimate of drug-likeness (QED) is 0.209. The van der Waals surface area contributed by atoms with Crippen molar-refractivity contribution in [1.29, 1.82) is 0 Å². The van der Waals surface area contributed by atoms with Crippen molar-refractivity contribution < 1.29 is 9.53 Å². The fraction of sp³-hybridized carbons (Fsp3) is 0.120. The fourth-order valence-corrected chi connectivity index (χ4v) is 3.98. The topological polar surface area (TPSA) is 81.4 Å². The van der Waals surface area contributed by atoms with Gasteiger partial charge in [-0.05, 0) is 61.0 Å². The number of aromatic nitrogens is 3. The van der Waals surface area contributed by atoms with Crippen LogP contribution in [-0.2, 0) is 4.79 Å². The second-order valence-corrected chi connectivity index (χ2v) is 8.72. The summed E-state index contributed by atoms with van der Waals surface area (Å²) in [5.74, 6) is 1.31. The Morgan fingerprint density at radius 1 is 1.06 bits per heavy atom. The normalized spacial score (nSPS) is 11.0. The van der Waals surface area contributed by atoms with Gasteiger partial charge in [-0.15, -0.1) is 10.2 Å². The van der Waals surface area contributed by atoms with E-state index in [1.807, 2.05) is 84.3 Å². The number of carbonyl (C=O) groups is 1. The number of hydrazone groups is 1. The number of methoxy groups -OCH3 is 1. The lowest BCUT2D eigenvalue weighted by molar-refractivity contribution is -0.118. The molecule has 0 saturated carbocycles. The van der Waals surface area contributed by atoms with Gasteiger partial charge in [-0.25, -0.2) is 5.43 Å². The molecule has 0 bridgehead atoms. The van der Waals surface area contributed by atoms with Crippen LogP contribution in [0.25, 0.3) is 17.1 Å². The fourth-order valence-electron chi connectivity index (χ4n) is 3.11. The lowest BCUT2D eigenvalue weighted by Gasteiger charge is -2.10. The molecule has 0 aliphatic heterocycles. The van der Waals surface area contributed by atoms with E-state index < -0.39 is 0 Å². The summed E-state index contributed by atoms with van der Waals surface area (Å²) in [5, 5.41) is 14.0. The number of aryl methyl sites for hydroxylation is 1. The number of nitrogens with zero attached hydrogens (tertiary/aromatic N) is 4. The number of nitrogens with one attached hydrogen (secondary N) is 1. The standard InChI is InChI=1S/C25H22ClN5O2S/c1-17-3-7-19(8-4-17)24-29-30-25(31(24)21-11-9-20(26)10-12-21)34-16-23(32)28-27-15-18-5-13-22(33-2)14-6-18/h3-15H,16H2,1-2H3,(H,28,32). The molecule has 0 spiro atoms. The molecule has 0 unspecified atom stereocenters. The lowest BCUT2D eigenvalue weighted by atomic mass is 10.1. The molecule has 9 heteroatoms. The molecular formula is C25H22ClN5O2S. The van der Waals surface area contributed by atoms with E-state index in [1.165, 1.54) is 11.8 Å². The van der Waals surface area contributed by atoms with Crippen LogP contribution in [-0.4, -0.2) is 39.7 Å². The maximum Gasteiger partial charge on any atom is 0.250 e. The predicted octanol–water partition coefficient (Wildman–Crippen LogP) is 5.15. The zero-order valence-electron chi connectivity index (χ0n) is 18.6. The van der Waals surface area contributed by atoms with Gasteiger partial charge in [0.2, 0.25) is 0 Å². The highest BCUT2D eigenvalue weighted by molar-refractivity contribution is 7.99. The van der Waals surface area contributed by atoms with Gasteiger partial charge >= 0.3 is 0 Å². The van der Waals surface area contributed by atoms with Gasteiger partial charge in [0.05, 0.1) is 19.1 Å². The van der Waals surface area contributed by atoms with Crippen molar-refractivity contribution in [3.63, 3.8) is 0 Å². The van der Waals surface area contributed by atoms with E-state index in [0.717, 1.165) is 28.1 Å². The van der Waals surface area contributed by atoms with E-state index in [9.17, 15) is 4.79 Å². The molecule has 0 fully saturated rings. The number of halogens is 1. The third kappa shape index (κ3) is 5.84. The average molecular weight is 492 g/mol. The third-order valence-electron chi connectivity index (χ3n) is 4.88. The Kier molecular flexibility index (Phi) is 7.61. The minimum atomic E-state index is -0.252. The summed E-state index contributed by atoms with van der Waals surface area (Å²) in [6, 6.07) is 22.8. The molecule has 172 valence electrons. The first-order valence-electron chi connectivity index (χ1n) is 10.4. The second kappa shape index (κ2) is 11.0. The molecule has 3 aromatic carbocycles. The van der Waals surface area contributed by atoms with Crippen molar-refractivity contribution in [2.24, 2.45) is 5.10 Å². The van der Waals surface area contributed by atoms with Crippen LogP contribution < -0.4 is 10.2 Å². The SMILES string of the molecule is COc1ccc(C=NNC(=O)CSc2nnc(-c3ccc(C)cc3)n2-c2ccc(Cl)cc2)cc1. The Bertz CT molecular complexity index is 1290. The number of ether oxygens (including phenoxy) is 1. The average Bonchev–Trinajstić information content (AvgIpc) is 3.28. The van der Waals surface area contributed by atoms with Crippen LogP contribution in [0.15, 0.2) is 83.1 Å². The summed E-state index contributed by atoms with van der Waals surface area (Å²) in [6.45, 7) is 2.03. The Morgan fingerprint density at radius 3 is 2.44 bits per heavy atom. The van der Waals surface area contributed by atoms with Gasteiger partial charge in [-0.2, -0.15) is 5.10 Å². The van der Waals surface area contributed by atoms with Crippen LogP contribution in [0.4, 0.5) is 0 Å². The van der Waals surface area contributed by atoms with Gasteiger partial charge < -0.3 is 4.74 Å². The van der Waals surface area contributed by atoms with Crippen molar-refractivity contribution in [2.75, 3.05) is 12.9 Å². The summed E-state index contributed by atoms with van der Waals surface area (Å²) in [6.07, 6.45) is 1.58. The first-order chi connectivity index (χ1) is 16.5. The maximum absolute atomic E-state index is 12.4. The predicted molar refractivity (Wildman–Crippen MR) is 136 cm³/mol. The molecule has 0 radical (unpaired) electrons.